The van der Waals surface area contributed by atoms with Crippen molar-refractivity contribution in [1.82, 2.24) is 29.9 Å². The normalized spacial score (nSPS) is 11.3. The summed E-state index contributed by atoms with van der Waals surface area (Å²) in [6.07, 6.45) is 0. The highest BCUT2D eigenvalue weighted by atomic mass is 16.3. The molecule has 11 aromatic rings. The Morgan fingerprint density at radius 1 is 0.246 bits per heavy atom. The van der Waals surface area contributed by atoms with E-state index in [9.17, 15) is 0 Å². The van der Waals surface area contributed by atoms with E-state index in [4.69, 9.17) is 34.3 Å². The number of nitrogens with zero attached hydrogens (tertiary/aromatic N) is 6. The molecular formula is C54H34N6O. The van der Waals surface area contributed by atoms with Gasteiger partial charge < -0.3 is 4.42 Å². The summed E-state index contributed by atoms with van der Waals surface area (Å²) in [7, 11) is 0. The van der Waals surface area contributed by atoms with E-state index in [1.165, 1.54) is 0 Å². The Hall–Kier alpha value is -8.42. The molecule has 61 heavy (non-hydrogen) atoms. The van der Waals surface area contributed by atoms with Gasteiger partial charge in [-0.05, 0) is 28.8 Å². The second kappa shape index (κ2) is 15.4. The van der Waals surface area contributed by atoms with Gasteiger partial charge in [0.15, 0.2) is 34.9 Å². The molecule has 0 fully saturated rings. The second-order valence-electron chi connectivity index (χ2n) is 14.7. The molecule has 7 nitrogen and oxygen atoms in total. The fourth-order valence-corrected chi connectivity index (χ4v) is 7.78. The maximum atomic E-state index is 6.69. The van der Waals surface area contributed by atoms with Gasteiger partial charge in [-0.1, -0.05) is 194 Å². The maximum absolute atomic E-state index is 6.69. The Bertz CT molecular complexity index is 3200. The fraction of sp³-hybridized carbons (Fsp3) is 0. The third kappa shape index (κ3) is 6.90. The first-order valence-electron chi connectivity index (χ1n) is 20.1. The number of aromatic nitrogens is 6. The van der Waals surface area contributed by atoms with Gasteiger partial charge in [0.1, 0.15) is 11.2 Å². The first-order chi connectivity index (χ1) is 30.2. The predicted octanol–water partition coefficient (Wildman–Crippen LogP) is 13.3. The van der Waals surface area contributed by atoms with Crippen molar-refractivity contribution in [2.75, 3.05) is 0 Å². The average molecular weight is 783 g/mol. The van der Waals surface area contributed by atoms with Gasteiger partial charge in [-0.3, -0.25) is 0 Å². The molecule has 0 saturated heterocycles. The highest BCUT2D eigenvalue weighted by molar-refractivity contribution is 6.12. The van der Waals surface area contributed by atoms with Crippen molar-refractivity contribution in [3.63, 3.8) is 0 Å². The minimum Gasteiger partial charge on any atom is -0.455 e. The van der Waals surface area contributed by atoms with Gasteiger partial charge in [-0.2, -0.15) is 0 Å². The summed E-state index contributed by atoms with van der Waals surface area (Å²) in [5.41, 5.74) is 11.2. The van der Waals surface area contributed by atoms with Gasteiger partial charge in [0.25, 0.3) is 0 Å². The van der Waals surface area contributed by atoms with Gasteiger partial charge in [0.05, 0.1) is 0 Å². The third-order valence-electron chi connectivity index (χ3n) is 10.8. The van der Waals surface area contributed by atoms with Crippen LogP contribution >= 0.6 is 0 Å². The van der Waals surface area contributed by atoms with E-state index in [-0.39, 0.29) is 0 Å². The fourth-order valence-electron chi connectivity index (χ4n) is 7.78. The van der Waals surface area contributed by atoms with E-state index in [1.54, 1.807) is 0 Å². The van der Waals surface area contributed by atoms with Crippen LogP contribution in [0, 0.1) is 0 Å². The zero-order valence-electron chi connectivity index (χ0n) is 32.7. The highest BCUT2D eigenvalue weighted by Crippen LogP contribution is 2.43. The molecule has 0 saturated carbocycles. The number of hydrogen-bond acceptors (Lipinski definition) is 7. The molecule has 3 aromatic heterocycles. The summed E-state index contributed by atoms with van der Waals surface area (Å²) in [6.45, 7) is 0. The van der Waals surface area contributed by atoms with Crippen LogP contribution in [-0.4, -0.2) is 29.9 Å². The quantitative estimate of drug-likeness (QED) is 0.152. The summed E-state index contributed by atoms with van der Waals surface area (Å²) < 4.78 is 6.69. The van der Waals surface area contributed by atoms with E-state index in [0.717, 1.165) is 77.6 Å². The van der Waals surface area contributed by atoms with Crippen LogP contribution in [0.2, 0.25) is 0 Å². The van der Waals surface area contributed by atoms with Crippen molar-refractivity contribution in [2.45, 2.75) is 0 Å². The van der Waals surface area contributed by atoms with Crippen molar-refractivity contribution in [3.05, 3.63) is 206 Å². The minimum atomic E-state index is 0.598. The van der Waals surface area contributed by atoms with Crippen molar-refractivity contribution in [1.29, 1.82) is 0 Å². The lowest BCUT2D eigenvalue weighted by Crippen LogP contribution is -2.00. The van der Waals surface area contributed by atoms with E-state index in [0.29, 0.717) is 34.9 Å². The van der Waals surface area contributed by atoms with Crippen molar-refractivity contribution in [2.24, 2.45) is 0 Å². The van der Waals surface area contributed by atoms with Crippen LogP contribution in [0.25, 0.3) is 113 Å². The monoisotopic (exact) mass is 782 g/mol. The number of furan rings is 1. The van der Waals surface area contributed by atoms with E-state index < -0.39 is 0 Å². The van der Waals surface area contributed by atoms with E-state index in [1.807, 2.05) is 140 Å². The largest absolute Gasteiger partial charge is 0.455 e. The molecule has 0 aliphatic carbocycles. The molecule has 0 aliphatic heterocycles. The molecule has 0 bridgehead atoms. The standard InChI is InChI=1S/C54H34N6O/c1-5-15-37(16-6-1)49-55-50(38-17-7-2-8-18-38)58-53(57-49)41-29-25-35(26-30-41)43-33-34-45-44-23-13-14-24-46(44)61-48(45)47(43)36-27-31-42(32-28-36)54-59-51(39-19-9-3-10-20-39)56-52(60-54)40-21-11-4-12-22-40/h1-34H. The topological polar surface area (TPSA) is 90.5 Å². The van der Waals surface area contributed by atoms with Gasteiger partial charge in [-0.15, -0.1) is 0 Å². The molecule has 0 unspecified atom stereocenters. The lowest BCUT2D eigenvalue weighted by molar-refractivity contribution is 0.670. The Kier molecular flexibility index (Phi) is 9.02. The lowest BCUT2D eigenvalue weighted by atomic mass is 9.91. The van der Waals surface area contributed by atoms with E-state index >= 15 is 0 Å². The zero-order chi connectivity index (χ0) is 40.5. The number of benzene rings is 8. The molecule has 11 rings (SSSR count). The van der Waals surface area contributed by atoms with Crippen LogP contribution in [0.4, 0.5) is 0 Å². The summed E-state index contributed by atoms with van der Waals surface area (Å²) in [4.78, 5) is 29.6. The minimum absolute atomic E-state index is 0.598. The molecule has 0 radical (unpaired) electrons. The Morgan fingerprint density at radius 3 is 0.984 bits per heavy atom. The SMILES string of the molecule is c1ccc(-c2nc(-c3ccccc3)nc(-c3ccc(-c4ccc5c(oc6ccccc65)c4-c4ccc(-c5nc(-c6ccccc6)nc(-c6ccccc6)n5)cc4)cc3)n2)cc1. The Morgan fingerprint density at radius 2 is 0.574 bits per heavy atom. The predicted molar refractivity (Wildman–Crippen MR) is 244 cm³/mol. The molecule has 0 spiro atoms. The van der Waals surface area contributed by atoms with Crippen LogP contribution in [0.15, 0.2) is 211 Å². The van der Waals surface area contributed by atoms with Crippen LogP contribution in [-0.2, 0) is 0 Å². The van der Waals surface area contributed by atoms with Gasteiger partial charge in [0.2, 0.25) is 0 Å². The Balaban J connectivity index is 1.02. The number of rotatable bonds is 8. The van der Waals surface area contributed by atoms with Crippen molar-refractivity contribution in [3.8, 4) is 90.6 Å². The van der Waals surface area contributed by atoms with Crippen LogP contribution in [0.3, 0.4) is 0 Å². The second-order valence-corrected chi connectivity index (χ2v) is 14.7. The molecule has 0 aliphatic rings. The molecule has 3 heterocycles. The molecule has 0 atom stereocenters. The average Bonchev–Trinajstić information content (AvgIpc) is 3.73. The maximum Gasteiger partial charge on any atom is 0.164 e. The van der Waals surface area contributed by atoms with Crippen molar-refractivity contribution < 1.29 is 4.42 Å². The first kappa shape index (κ1) is 35.7. The summed E-state index contributed by atoms with van der Waals surface area (Å²) in [6, 6.07) is 69.5. The molecule has 0 N–H and O–H groups in total. The van der Waals surface area contributed by atoms with Crippen LogP contribution < -0.4 is 0 Å². The smallest absolute Gasteiger partial charge is 0.164 e. The molecule has 7 heteroatoms. The van der Waals surface area contributed by atoms with E-state index in [2.05, 4.69) is 66.7 Å². The summed E-state index contributed by atoms with van der Waals surface area (Å²) in [5.74, 6) is 3.69. The van der Waals surface area contributed by atoms with Gasteiger partial charge >= 0.3 is 0 Å². The lowest BCUT2D eigenvalue weighted by Gasteiger charge is -2.13. The summed E-state index contributed by atoms with van der Waals surface area (Å²) in [5, 5.41) is 2.13. The number of hydrogen-bond donors (Lipinski definition) is 0. The summed E-state index contributed by atoms with van der Waals surface area (Å²) >= 11 is 0. The Labute approximate surface area is 351 Å². The number of para-hydroxylation sites is 1. The van der Waals surface area contributed by atoms with Crippen LogP contribution in [0.5, 0.6) is 0 Å². The zero-order valence-corrected chi connectivity index (χ0v) is 32.7. The van der Waals surface area contributed by atoms with Gasteiger partial charge in [-0.25, -0.2) is 29.9 Å². The number of fused-ring (bicyclic) bond motifs is 3. The first-order valence-corrected chi connectivity index (χ1v) is 20.1. The van der Waals surface area contributed by atoms with Gasteiger partial charge in [0, 0.05) is 49.7 Å². The third-order valence-corrected chi connectivity index (χ3v) is 10.8. The molecule has 0 amide bonds. The molecule has 8 aromatic carbocycles. The van der Waals surface area contributed by atoms with Crippen LogP contribution in [0.1, 0.15) is 0 Å². The van der Waals surface area contributed by atoms with Crippen molar-refractivity contribution >= 4 is 21.9 Å². The molecular weight excluding hydrogens is 749 g/mol. The molecule has 286 valence electrons. The highest BCUT2D eigenvalue weighted by Gasteiger charge is 2.20.